The molecule has 0 saturated carbocycles. The van der Waals surface area contributed by atoms with Crippen molar-refractivity contribution in [2.75, 3.05) is 11.9 Å². The van der Waals surface area contributed by atoms with Gasteiger partial charge in [-0.15, -0.1) is 0 Å². The van der Waals surface area contributed by atoms with E-state index in [9.17, 15) is 24.6 Å². The van der Waals surface area contributed by atoms with Crippen LogP contribution in [0, 0.1) is 10.8 Å². The van der Waals surface area contributed by atoms with E-state index in [0.29, 0.717) is 16.8 Å². The second-order valence-corrected chi connectivity index (χ2v) is 9.63. The van der Waals surface area contributed by atoms with Crippen molar-refractivity contribution in [2.24, 2.45) is 11.1 Å². The van der Waals surface area contributed by atoms with E-state index in [1.807, 2.05) is 20.8 Å². The number of nitrogen functional groups attached to an aromatic ring is 1. The molecule has 0 heterocycles. The number of rotatable bonds is 8. The molecule has 0 radical (unpaired) electrons. The zero-order chi connectivity index (χ0) is 27.3. The van der Waals surface area contributed by atoms with E-state index in [2.05, 4.69) is 10.6 Å². The quantitative estimate of drug-likeness (QED) is 0.203. The number of hydrogen-bond donors (Lipinski definition) is 6. The lowest BCUT2D eigenvalue weighted by molar-refractivity contribution is 0.0697. The van der Waals surface area contributed by atoms with Crippen LogP contribution in [0.3, 0.4) is 0 Å². The summed E-state index contributed by atoms with van der Waals surface area (Å²) in [6.45, 7) is 5.36. The SMILES string of the molecule is CC(C)(C)[C@@H](CO)NC(=O)c1ccc(-c2ccccc2C(=O)Nc2ccc(C(=N)N)cc2)c(C(=O)O)c1. The Morgan fingerprint density at radius 3 is 2.05 bits per heavy atom. The Hall–Kier alpha value is -4.50. The van der Waals surface area contributed by atoms with Crippen molar-refractivity contribution in [3.8, 4) is 11.1 Å². The third kappa shape index (κ3) is 6.39. The number of carbonyl (C=O) groups is 3. The molecule has 9 heteroatoms. The number of aliphatic hydroxyl groups is 1. The molecule has 37 heavy (non-hydrogen) atoms. The summed E-state index contributed by atoms with van der Waals surface area (Å²) in [5, 5.41) is 32.6. The first kappa shape index (κ1) is 27.1. The third-order valence-electron chi connectivity index (χ3n) is 5.96. The molecular formula is C28H30N4O5. The molecule has 0 aliphatic heterocycles. The van der Waals surface area contributed by atoms with Crippen molar-refractivity contribution in [1.82, 2.24) is 5.32 Å². The van der Waals surface area contributed by atoms with Gasteiger partial charge in [-0.3, -0.25) is 15.0 Å². The molecule has 0 aromatic heterocycles. The summed E-state index contributed by atoms with van der Waals surface area (Å²) in [5.74, 6) is -2.32. The molecule has 3 aromatic carbocycles. The number of carbonyl (C=O) groups excluding carboxylic acids is 2. The summed E-state index contributed by atoms with van der Waals surface area (Å²) < 4.78 is 0. The molecule has 2 amide bonds. The number of amidine groups is 1. The number of aromatic carboxylic acids is 1. The maximum Gasteiger partial charge on any atom is 0.336 e. The minimum atomic E-state index is -1.26. The number of carboxylic acid groups (broad SMARTS) is 1. The Balaban J connectivity index is 1.95. The average molecular weight is 503 g/mol. The Labute approximate surface area is 214 Å². The Bertz CT molecular complexity index is 1340. The van der Waals surface area contributed by atoms with Crippen molar-refractivity contribution in [3.05, 3.63) is 89.0 Å². The highest BCUT2D eigenvalue weighted by molar-refractivity contribution is 6.11. The van der Waals surface area contributed by atoms with E-state index in [1.54, 1.807) is 48.5 Å². The summed E-state index contributed by atoms with van der Waals surface area (Å²) in [4.78, 5) is 38.1. The van der Waals surface area contributed by atoms with Gasteiger partial charge in [0.2, 0.25) is 0 Å². The van der Waals surface area contributed by atoms with Crippen LogP contribution in [0.5, 0.6) is 0 Å². The standard InChI is InChI=1S/C28H30N4O5/c1-28(2,3)23(15-33)32-25(34)17-10-13-20(22(14-17)27(36)37)19-6-4-5-7-21(19)26(35)31-18-11-8-16(9-12-18)24(29)30/h4-14,23,33H,15H2,1-3H3,(H3,29,30)(H,31,35)(H,32,34)(H,36,37)/t23-/m1/s1. The predicted octanol–water partition coefficient (Wildman–Crippen LogP) is 3.72. The maximum atomic E-state index is 13.1. The fourth-order valence-electron chi connectivity index (χ4n) is 3.72. The van der Waals surface area contributed by atoms with Crippen LogP contribution in [-0.4, -0.2) is 46.5 Å². The van der Waals surface area contributed by atoms with Crippen molar-refractivity contribution in [2.45, 2.75) is 26.8 Å². The van der Waals surface area contributed by atoms with E-state index in [1.165, 1.54) is 18.2 Å². The molecule has 9 nitrogen and oxygen atoms in total. The van der Waals surface area contributed by atoms with Crippen molar-refractivity contribution in [1.29, 1.82) is 5.41 Å². The highest BCUT2D eigenvalue weighted by atomic mass is 16.4. The number of carboxylic acids is 1. The van der Waals surface area contributed by atoms with Gasteiger partial charge < -0.3 is 26.6 Å². The second kappa shape index (κ2) is 11.0. The van der Waals surface area contributed by atoms with Gasteiger partial charge >= 0.3 is 5.97 Å². The number of hydrogen-bond acceptors (Lipinski definition) is 5. The van der Waals surface area contributed by atoms with Crippen LogP contribution in [0.1, 0.15) is 57.4 Å². The number of nitrogens with one attached hydrogen (secondary N) is 3. The first-order chi connectivity index (χ1) is 17.4. The molecule has 0 saturated heterocycles. The summed E-state index contributed by atoms with van der Waals surface area (Å²) >= 11 is 0. The number of nitrogens with two attached hydrogens (primary N) is 1. The lowest BCUT2D eigenvalue weighted by Gasteiger charge is -2.29. The van der Waals surface area contributed by atoms with Crippen LogP contribution in [0.4, 0.5) is 5.69 Å². The van der Waals surface area contributed by atoms with Crippen molar-refractivity contribution < 1.29 is 24.6 Å². The zero-order valence-electron chi connectivity index (χ0n) is 20.8. The van der Waals surface area contributed by atoms with Gasteiger partial charge in [0.15, 0.2) is 0 Å². The minimum Gasteiger partial charge on any atom is -0.478 e. The summed E-state index contributed by atoms with van der Waals surface area (Å²) in [5.41, 5.74) is 6.94. The Morgan fingerprint density at radius 2 is 1.49 bits per heavy atom. The monoisotopic (exact) mass is 502 g/mol. The van der Waals surface area contributed by atoms with Gasteiger partial charge in [0.1, 0.15) is 5.84 Å². The lowest BCUT2D eigenvalue weighted by atomic mass is 9.87. The van der Waals surface area contributed by atoms with Crippen LogP contribution in [0.25, 0.3) is 11.1 Å². The number of aliphatic hydroxyl groups excluding tert-OH is 1. The minimum absolute atomic E-state index is 0.0909. The molecule has 192 valence electrons. The molecule has 3 aromatic rings. The fraction of sp³-hybridized carbons (Fsp3) is 0.214. The number of benzene rings is 3. The van der Waals surface area contributed by atoms with E-state index < -0.39 is 29.2 Å². The summed E-state index contributed by atoms with van der Waals surface area (Å²) in [6.07, 6.45) is 0. The molecular weight excluding hydrogens is 472 g/mol. The molecule has 0 bridgehead atoms. The molecule has 0 aliphatic rings. The first-order valence-electron chi connectivity index (χ1n) is 11.6. The van der Waals surface area contributed by atoms with Gasteiger partial charge in [-0.25, -0.2) is 4.79 Å². The van der Waals surface area contributed by atoms with Gasteiger partial charge in [-0.2, -0.15) is 0 Å². The van der Waals surface area contributed by atoms with E-state index >= 15 is 0 Å². The van der Waals surface area contributed by atoms with Gasteiger partial charge in [0, 0.05) is 22.4 Å². The van der Waals surface area contributed by atoms with Gasteiger partial charge in [0.25, 0.3) is 11.8 Å². The molecule has 0 spiro atoms. The molecule has 7 N–H and O–H groups in total. The van der Waals surface area contributed by atoms with Crippen LogP contribution in [0.15, 0.2) is 66.7 Å². The average Bonchev–Trinajstić information content (AvgIpc) is 2.86. The van der Waals surface area contributed by atoms with Crippen LogP contribution in [0.2, 0.25) is 0 Å². The third-order valence-corrected chi connectivity index (χ3v) is 5.96. The predicted molar refractivity (Wildman–Crippen MR) is 142 cm³/mol. The molecule has 1 atom stereocenters. The molecule has 0 aliphatic carbocycles. The Kier molecular flexibility index (Phi) is 8.09. The van der Waals surface area contributed by atoms with Crippen molar-refractivity contribution >= 4 is 29.3 Å². The van der Waals surface area contributed by atoms with Crippen LogP contribution < -0.4 is 16.4 Å². The molecule has 3 rings (SSSR count). The maximum absolute atomic E-state index is 13.1. The number of anilines is 1. The highest BCUT2D eigenvalue weighted by Gasteiger charge is 2.27. The Morgan fingerprint density at radius 1 is 0.892 bits per heavy atom. The second-order valence-electron chi connectivity index (χ2n) is 9.63. The van der Waals surface area contributed by atoms with E-state index in [-0.39, 0.29) is 34.7 Å². The van der Waals surface area contributed by atoms with Gasteiger partial charge in [0.05, 0.1) is 18.2 Å². The lowest BCUT2D eigenvalue weighted by Crippen LogP contribution is -2.46. The molecule has 0 fully saturated rings. The summed E-state index contributed by atoms with van der Waals surface area (Å²) in [6, 6.07) is 16.7. The summed E-state index contributed by atoms with van der Waals surface area (Å²) in [7, 11) is 0. The van der Waals surface area contributed by atoms with Crippen LogP contribution in [-0.2, 0) is 0 Å². The van der Waals surface area contributed by atoms with Crippen LogP contribution >= 0.6 is 0 Å². The zero-order valence-corrected chi connectivity index (χ0v) is 20.8. The highest BCUT2D eigenvalue weighted by Crippen LogP contribution is 2.29. The van der Waals surface area contributed by atoms with E-state index in [0.717, 1.165) is 0 Å². The topological polar surface area (TPSA) is 166 Å². The van der Waals surface area contributed by atoms with E-state index in [4.69, 9.17) is 11.1 Å². The first-order valence-corrected chi connectivity index (χ1v) is 11.6. The van der Waals surface area contributed by atoms with Gasteiger partial charge in [-0.05, 0) is 59.0 Å². The largest absolute Gasteiger partial charge is 0.478 e. The smallest absolute Gasteiger partial charge is 0.336 e. The molecule has 0 unspecified atom stereocenters. The van der Waals surface area contributed by atoms with Gasteiger partial charge in [-0.1, -0.05) is 45.0 Å². The normalized spacial score (nSPS) is 11.9. The van der Waals surface area contributed by atoms with Crippen molar-refractivity contribution in [3.63, 3.8) is 0 Å². The number of amides is 2. The fourth-order valence-corrected chi connectivity index (χ4v) is 3.72.